The first-order chi connectivity index (χ1) is 13.9. The van der Waals surface area contributed by atoms with Crippen LogP contribution in [-0.4, -0.2) is 28.8 Å². The number of benzene rings is 2. The summed E-state index contributed by atoms with van der Waals surface area (Å²) in [6, 6.07) is 12.9. The zero-order valence-electron chi connectivity index (χ0n) is 16.5. The molecule has 6 nitrogen and oxygen atoms in total. The first-order valence-electron chi connectivity index (χ1n) is 9.19. The van der Waals surface area contributed by atoms with E-state index in [1.54, 1.807) is 41.1 Å². The number of nitrogens with zero attached hydrogens (tertiary/aromatic N) is 2. The minimum Gasteiger partial charge on any atom is -0.469 e. The van der Waals surface area contributed by atoms with Gasteiger partial charge in [0.2, 0.25) is 0 Å². The predicted octanol–water partition coefficient (Wildman–Crippen LogP) is 3.99. The van der Waals surface area contributed by atoms with Gasteiger partial charge in [0.1, 0.15) is 5.82 Å². The summed E-state index contributed by atoms with van der Waals surface area (Å²) < 4.78 is 20.2. The van der Waals surface area contributed by atoms with Crippen molar-refractivity contribution in [1.82, 2.24) is 9.78 Å². The van der Waals surface area contributed by atoms with E-state index < -0.39 is 11.7 Å². The summed E-state index contributed by atoms with van der Waals surface area (Å²) in [7, 11) is 1.37. The van der Waals surface area contributed by atoms with Crippen LogP contribution >= 0.6 is 0 Å². The van der Waals surface area contributed by atoms with E-state index >= 15 is 0 Å². The molecule has 0 unspecified atom stereocenters. The number of amides is 1. The minimum atomic E-state index is -0.486. The highest BCUT2D eigenvalue weighted by atomic mass is 19.1. The first-order valence-corrected chi connectivity index (χ1v) is 9.19. The monoisotopic (exact) mass is 395 g/mol. The Hall–Kier alpha value is -3.48. The Bertz CT molecular complexity index is 1040. The molecule has 150 valence electrons. The van der Waals surface area contributed by atoms with Crippen molar-refractivity contribution in [2.75, 3.05) is 12.4 Å². The SMILES string of the molecule is COC(=O)CCc1c(C)nn(-c2ccc(C(=O)Nc3ccccc3F)cc2)c1C. The fraction of sp³-hybridized carbons (Fsp3) is 0.227. The zero-order valence-corrected chi connectivity index (χ0v) is 16.5. The van der Waals surface area contributed by atoms with Crippen LogP contribution in [0.25, 0.3) is 5.69 Å². The van der Waals surface area contributed by atoms with Crippen LogP contribution in [0.4, 0.5) is 10.1 Å². The normalized spacial score (nSPS) is 10.6. The molecule has 0 bridgehead atoms. The fourth-order valence-electron chi connectivity index (χ4n) is 3.13. The van der Waals surface area contributed by atoms with Crippen molar-refractivity contribution in [3.05, 3.63) is 76.9 Å². The van der Waals surface area contributed by atoms with Crippen LogP contribution in [0.5, 0.6) is 0 Å². The smallest absolute Gasteiger partial charge is 0.305 e. The highest BCUT2D eigenvalue weighted by Crippen LogP contribution is 2.20. The molecule has 0 aliphatic heterocycles. The van der Waals surface area contributed by atoms with Gasteiger partial charge in [-0.1, -0.05) is 12.1 Å². The number of methoxy groups -OCH3 is 1. The molecule has 1 aromatic heterocycles. The third-order valence-corrected chi connectivity index (χ3v) is 4.74. The van der Waals surface area contributed by atoms with Crippen molar-refractivity contribution in [3.8, 4) is 5.69 Å². The quantitative estimate of drug-likeness (QED) is 0.641. The largest absolute Gasteiger partial charge is 0.469 e. The van der Waals surface area contributed by atoms with Gasteiger partial charge in [0.15, 0.2) is 0 Å². The number of esters is 1. The van der Waals surface area contributed by atoms with Gasteiger partial charge in [0.05, 0.1) is 24.2 Å². The molecule has 1 amide bonds. The second-order valence-electron chi connectivity index (χ2n) is 6.62. The minimum absolute atomic E-state index is 0.135. The van der Waals surface area contributed by atoms with Crippen LogP contribution in [-0.2, 0) is 16.0 Å². The Balaban J connectivity index is 1.77. The molecule has 3 rings (SSSR count). The van der Waals surface area contributed by atoms with Crippen LogP contribution in [0.1, 0.15) is 33.7 Å². The van der Waals surface area contributed by atoms with E-state index in [0.717, 1.165) is 22.6 Å². The van der Waals surface area contributed by atoms with Gasteiger partial charge in [-0.25, -0.2) is 9.07 Å². The molecule has 1 N–H and O–H groups in total. The lowest BCUT2D eigenvalue weighted by Crippen LogP contribution is -2.13. The number of para-hydroxylation sites is 1. The van der Waals surface area contributed by atoms with E-state index in [9.17, 15) is 14.0 Å². The Morgan fingerprint density at radius 1 is 1.10 bits per heavy atom. The van der Waals surface area contributed by atoms with Crippen LogP contribution in [0, 0.1) is 19.7 Å². The molecule has 0 spiro atoms. The van der Waals surface area contributed by atoms with Crippen molar-refractivity contribution in [3.63, 3.8) is 0 Å². The molecule has 3 aromatic rings. The lowest BCUT2D eigenvalue weighted by atomic mass is 10.1. The molecular formula is C22H22FN3O3. The molecule has 7 heteroatoms. The van der Waals surface area contributed by atoms with Crippen molar-refractivity contribution >= 4 is 17.6 Å². The summed E-state index contributed by atoms with van der Waals surface area (Å²) in [6.45, 7) is 3.83. The molecule has 0 radical (unpaired) electrons. The third kappa shape index (κ3) is 4.51. The Morgan fingerprint density at radius 2 is 1.79 bits per heavy atom. The second kappa shape index (κ2) is 8.68. The van der Waals surface area contributed by atoms with Crippen LogP contribution in [0.3, 0.4) is 0 Å². The van der Waals surface area contributed by atoms with Gasteiger partial charge in [-0.3, -0.25) is 9.59 Å². The molecule has 0 atom stereocenters. The Kier molecular flexibility index (Phi) is 6.07. The van der Waals surface area contributed by atoms with Gasteiger partial charge in [-0.2, -0.15) is 5.10 Å². The summed E-state index contributed by atoms with van der Waals surface area (Å²) in [5.41, 5.74) is 4.09. The number of nitrogens with one attached hydrogen (secondary N) is 1. The molecular weight excluding hydrogens is 373 g/mol. The lowest BCUT2D eigenvalue weighted by molar-refractivity contribution is -0.140. The molecule has 29 heavy (non-hydrogen) atoms. The molecule has 0 aliphatic carbocycles. The zero-order chi connectivity index (χ0) is 21.0. The van der Waals surface area contributed by atoms with Gasteiger partial charge >= 0.3 is 5.97 Å². The van der Waals surface area contributed by atoms with E-state index in [0.29, 0.717) is 18.4 Å². The number of anilines is 1. The van der Waals surface area contributed by atoms with E-state index in [1.807, 2.05) is 13.8 Å². The molecule has 0 aliphatic rings. The maximum absolute atomic E-state index is 13.7. The maximum Gasteiger partial charge on any atom is 0.305 e. The number of carbonyl (C=O) groups excluding carboxylic acids is 2. The van der Waals surface area contributed by atoms with E-state index in [4.69, 9.17) is 4.74 Å². The van der Waals surface area contributed by atoms with Gasteiger partial charge in [-0.05, 0) is 62.2 Å². The summed E-state index contributed by atoms with van der Waals surface area (Å²) in [5, 5.41) is 7.12. The number of hydrogen-bond donors (Lipinski definition) is 1. The Morgan fingerprint density at radius 3 is 2.45 bits per heavy atom. The summed E-state index contributed by atoms with van der Waals surface area (Å²) in [6.07, 6.45) is 0.840. The molecule has 1 heterocycles. The van der Waals surface area contributed by atoms with Gasteiger partial charge in [0, 0.05) is 17.7 Å². The molecule has 2 aromatic carbocycles. The average Bonchev–Trinajstić information content (AvgIpc) is 3.01. The lowest BCUT2D eigenvalue weighted by Gasteiger charge is -2.08. The van der Waals surface area contributed by atoms with Crippen molar-refractivity contribution in [2.45, 2.75) is 26.7 Å². The number of aromatic nitrogens is 2. The second-order valence-corrected chi connectivity index (χ2v) is 6.62. The van der Waals surface area contributed by atoms with Gasteiger partial charge < -0.3 is 10.1 Å². The first kappa shape index (κ1) is 20.3. The molecule has 0 fully saturated rings. The van der Waals surface area contributed by atoms with E-state index in [2.05, 4.69) is 10.4 Å². The average molecular weight is 395 g/mol. The highest BCUT2D eigenvalue weighted by molar-refractivity contribution is 6.04. The fourth-order valence-corrected chi connectivity index (χ4v) is 3.13. The van der Waals surface area contributed by atoms with Crippen LogP contribution < -0.4 is 5.32 Å². The van der Waals surface area contributed by atoms with Crippen molar-refractivity contribution in [2.24, 2.45) is 0 Å². The number of aryl methyl sites for hydroxylation is 1. The van der Waals surface area contributed by atoms with Crippen molar-refractivity contribution in [1.29, 1.82) is 0 Å². The van der Waals surface area contributed by atoms with Crippen molar-refractivity contribution < 1.29 is 18.7 Å². The van der Waals surface area contributed by atoms with Crippen LogP contribution in [0.15, 0.2) is 48.5 Å². The number of halogens is 1. The van der Waals surface area contributed by atoms with E-state index in [1.165, 1.54) is 19.2 Å². The molecule has 0 saturated heterocycles. The number of carbonyl (C=O) groups is 2. The third-order valence-electron chi connectivity index (χ3n) is 4.74. The number of hydrogen-bond acceptors (Lipinski definition) is 4. The van der Waals surface area contributed by atoms with Crippen LogP contribution in [0.2, 0.25) is 0 Å². The van der Waals surface area contributed by atoms with Gasteiger partial charge in [0.25, 0.3) is 5.91 Å². The van der Waals surface area contributed by atoms with Gasteiger partial charge in [-0.15, -0.1) is 0 Å². The van der Waals surface area contributed by atoms with E-state index in [-0.39, 0.29) is 11.7 Å². The summed E-state index contributed by atoms with van der Waals surface area (Å²) >= 11 is 0. The molecule has 0 saturated carbocycles. The number of rotatable bonds is 6. The standard InChI is InChI=1S/C22H22FN3O3/c1-14-18(12-13-21(27)29-3)15(2)26(25-14)17-10-8-16(9-11-17)22(28)24-20-7-5-4-6-19(20)23/h4-11H,12-13H2,1-3H3,(H,24,28). The maximum atomic E-state index is 13.7. The number of ether oxygens (including phenoxy) is 1. The highest BCUT2D eigenvalue weighted by Gasteiger charge is 2.15. The Labute approximate surface area is 168 Å². The summed E-state index contributed by atoms with van der Waals surface area (Å²) in [5.74, 6) is -1.14. The predicted molar refractivity (Wildman–Crippen MR) is 108 cm³/mol. The summed E-state index contributed by atoms with van der Waals surface area (Å²) in [4.78, 5) is 23.8. The topological polar surface area (TPSA) is 73.2 Å².